The topological polar surface area (TPSA) is 99.1 Å². The number of nitrogens with one attached hydrogen (secondary N) is 1. The Morgan fingerprint density at radius 2 is 2.21 bits per heavy atom. The first-order valence-corrected chi connectivity index (χ1v) is 6.06. The SMILES string of the molecule is CN(C=CC(=O)NC=O)C1OC(CO)C(O)C1(Cl)Cl. The number of hydrogen-bond acceptors (Lipinski definition) is 6. The van der Waals surface area contributed by atoms with Gasteiger partial charge in [-0.3, -0.25) is 14.9 Å². The highest BCUT2D eigenvalue weighted by molar-refractivity contribution is 6.49. The lowest BCUT2D eigenvalue weighted by Gasteiger charge is -2.29. The van der Waals surface area contributed by atoms with Gasteiger partial charge in [-0.2, -0.15) is 0 Å². The van der Waals surface area contributed by atoms with Crippen LogP contribution < -0.4 is 5.32 Å². The number of nitrogens with zero attached hydrogens (tertiary/aromatic N) is 1. The summed E-state index contributed by atoms with van der Waals surface area (Å²) in [6, 6.07) is 0. The Morgan fingerprint density at radius 3 is 2.68 bits per heavy atom. The van der Waals surface area contributed by atoms with E-state index < -0.39 is 35.3 Å². The highest BCUT2D eigenvalue weighted by Gasteiger charge is 2.55. The predicted molar refractivity (Wildman–Crippen MR) is 67.3 cm³/mol. The second-order valence-corrected chi connectivity index (χ2v) is 5.38. The van der Waals surface area contributed by atoms with Gasteiger partial charge in [0.1, 0.15) is 12.2 Å². The molecule has 1 rings (SSSR count). The summed E-state index contributed by atoms with van der Waals surface area (Å²) in [6.07, 6.45) is -0.540. The number of aliphatic hydroxyl groups excluding tert-OH is 2. The van der Waals surface area contributed by atoms with E-state index in [2.05, 4.69) is 0 Å². The van der Waals surface area contributed by atoms with Gasteiger partial charge in [0.05, 0.1) is 6.61 Å². The lowest BCUT2D eigenvalue weighted by molar-refractivity contribution is -0.121. The number of aliphatic hydroxyl groups is 2. The molecular formula is C10H14Cl2N2O5. The van der Waals surface area contributed by atoms with Crippen LogP contribution in [-0.4, -0.2) is 63.9 Å². The zero-order chi connectivity index (χ0) is 14.6. The van der Waals surface area contributed by atoms with Crippen LogP contribution in [0.25, 0.3) is 0 Å². The molecule has 9 heteroatoms. The number of rotatable bonds is 5. The van der Waals surface area contributed by atoms with Crippen molar-refractivity contribution in [1.29, 1.82) is 0 Å². The molecule has 2 amide bonds. The van der Waals surface area contributed by atoms with E-state index >= 15 is 0 Å². The Labute approximate surface area is 119 Å². The van der Waals surface area contributed by atoms with Crippen LogP contribution in [0.2, 0.25) is 0 Å². The number of carbonyl (C=O) groups excluding carboxylic acids is 2. The van der Waals surface area contributed by atoms with E-state index in [0.29, 0.717) is 0 Å². The van der Waals surface area contributed by atoms with Gasteiger partial charge >= 0.3 is 0 Å². The molecule has 0 aliphatic carbocycles. The van der Waals surface area contributed by atoms with Crippen molar-refractivity contribution in [3.8, 4) is 0 Å². The molecule has 3 N–H and O–H groups in total. The third kappa shape index (κ3) is 3.58. The molecule has 0 saturated carbocycles. The van der Waals surface area contributed by atoms with Gasteiger partial charge in [-0.1, -0.05) is 23.2 Å². The Morgan fingerprint density at radius 1 is 1.58 bits per heavy atom. The smallest absolute Gasteiger partial charge is 0.251 e. The van der Waals surface area contributed by atoms with Crippen molar-refractivity contribution in [2.75, 3.05) is 13.7 Å². The normalized spacial score (nSPS) is 29.4. The minimum Gasteiger partial charge on any atom is -0.394 e. The quantitative estimate of drug-likeness (QED) is 0.340. The van der Waals surface area contributed by atoms with Gasteiger partial charge in [0, 0.05) is 19.3 Å². The van der Waals surface area contributed by atoms with Crippen LogP contribution in [-0.2, 0) is 14.3 Å². The molecule has 0 bridgehead atoms. The number of amides is 2. The van der Waals surface area contributed by atoms with Crippen LogP contribution in [0, 0.1) is 0 Å². The first-order valence-electron chi connectivity index (χ1n) is 5.31. The zero-order valence-corrected chi connectivity index (χ0v) is 11.5. The fourth-order valence-electron chi connectivity index (χ4n) is 1.60. The average Bonchev–Trinajstić information content (AvgIpc) is 2.58. The third-order valence-corrected chi connectivity index (χ3v) is 3.41. The minimum absolute atomic E-state index is 0.248. The molecule has 108 valence electrons. The monoisotopic (exact) mass is 312 g/mol. The molecular weight excluding hydrogens is 299 g/mol. The molecule has 3 atom stereocenters. The van der Waals surface area contributed by atoms with E-state index in [9.17, 15) is 14.7 Å². The van der Waals surface area contributed by atoms with Crippen molar-refractivity contribution in [2.45, 2.75) is 22.8 Å². The number of ether oxygens (including phenoxy) is 1. The molecule has 3 unspecified atom stereocenters. The molecule has 1 saturated heterocycles. The van der Waals surface area contributed by atoms with Crippen LogP contribution >= 0.6 is 23.2 Å². The van der Waals surface area contributed by atoms with E-state index in [1.165, 1.54) is 18.1 Å². The van der Waals surface area contributed by atoms with Gasteiger partial charge in [-0.15, -0.1) is 0 Å². The molecule has 1 fully saturated rings. The number of hydrogen-bond donors (Lipinski definition) is 3. The molecule has 0 radical (unpaired) electrons. The maximum Gasteiger partial charge on any atom is 0.251 e. The molecule has 0 spiro atoms. The van der Waals surface area contributed by atoms with E-state index in [4.69, 9.17) is 33.0 Å². The van der Waals surface area contributed by atoms with Gasteiger partial charge in [-0.05, 0) is 0 Å². The van der Waals surface area contributed by atoms with Crippen LogP contribution in [0.5, 0.6) is 0 Å². The summed E-state index contributed by atoms with van der Waals surface area (Å²) in [5.41, 5.74) is 0. The van der Waals surface area contributed by atoms with Gasteiger partial charge in [-0.25, -0.2) is 0 Å². The van der Waals surface area contributed by atoms with E-state index in [0.717, 1.165) is 6.08 Å². The Hall–Kier alpha value is -0.860. The van der Waals surface area contributed by atoms with Gasteiger partial charge in [0.25, 0.3) is 5.91 Å². The summed E-state index contributed by atoms with van der Waals surface area (Å²) in [6.45, 7) is -0.442. The molecule has 0 aromatic carbocycles. The van der Waals surface area contributed by atoms with Crippen LogP contribution in [0.15, 0.2) is 12.3 Å². The molecule has 7 nitrogen and oxygen atoms in total. The van der Waals surface area contributed by atoms with Crippen molar-refractivity contribution < 1.29 is 24.5 Å². The summed E-state index contributed by atoms with van der Waals surface area (Å²) >= 11 is 12.0. The van der Waals surface area contributed by atoms with Crippen molar-refractivity contribution >= 4 is 35.5 Å². The number of carbonyl (C=O) groups is 2. The fourth-order valence-corrected chi connectivity index (χ4v) is 2.30. The zero-order valence-electron chi connectivity index (χ0n) is 9.99. The maximum absolute atomic E-state index is 11.1. The van der Waals surface area contributed by atoms with E-state index in [1.54, 1.807) is 0 Å². The first-order chi connectivity index (χ1) is 8.84. The third-order valence-electron chi connectivity index (χ3n) is 2.59. The molecule has 1 aliphatic rings. The van der Waals surface area contributed by atoms with Crippen LogP contribution in [0.1, 0.15) is 0 Å². The number of halogens is 2. The van der Waals surface area contributed by atoms with E-state index in [-0.39, 0.29) is 6.41 Å². The summed E-state index contributed by atoms with van der Waals surface area (Å²) in [5.74, 6) is -0.631. The largest absolute Gasteiger partial charge is 0.394 e. The Bertz CT molecular complexity index is 377. The average molecular weight is 313 g/mol. The predicted octanol–water partition coefficient (Wildman–Crippen LogP) is -1.04. The minimum atomic E-state index is -1.66. The summed E-state index contributed by atoms with van der Waals surface area (Å²) < 4.78 is 3.64. The molecule has 0 aromatic rings. The highest BCUT2D eigenvalue weighted by atomic mass is 35.5. The van der Waals surface area contributed by atoms with Gasteiger partial charge in [0.15, 0.2) is 10.6 Å². The van der Waals surface area contributed by atoms with Crippen LogP contribution in [0.4, 0.5) is 0 Å². The summed E-state index contributed by atoms with van der Waals surface area (Å²) in [5, 5.41) is 20.7. The summed E-state index contributed by atoms with van der Waals surface area (Å²) in [7, 11) is 1.52. The maximum atomic E-state index is 11.1. The molecule has 1 heterocycles. The van der Waals surface area contributed by atoms with E-state index in [1.807, 2.05) is 5.32 Å². The fraction of sp³-hybridized carbons (Fsp3) is 0.600. The standard InChI is InChI=1S/C10H14Cl2N2O5/c1-14(3-2-7(17)13-5-16)9-10(11,12)8(18)6(4-15)19-9/h2-3,5-6,8-9,15,18H,4H2,1H3,(H,13,16,17). The highest BCUT2D eigenvalue weighted by Crippen LogP contribution is 2.41. The lowest BCUT2D eigenvalue weighted by Crippen LogP contribution is -2.44. The molecule has 19 heavy (non-hydrogen) atoms. The van der Waals surface area contributed by atoms with Crippen molar-refractivity contribution in [1.82, 2.24) is 10.2 Å². The number of imide groups is 1. The van der Waals surface area contributed by atoms with Crippen molar-refractivity contribution in [3.63, 3.8) is 0 Å². The molecule has 0 aromatic heterocycles. The summed E-state index contributed by atoms with van der Waals surface area (Å²) in [4.78, 5) is 22.4. The molecule has 1 aliphatic heterocycles. The Balaban J connectivity index is 2.74. The second-order valence-electron chi connectivity index (χ2n) is 3.94. The van der Waals surface area contributed by atoms with Crippen molar-refractivity contribution in [2.24, 2.45) is 0 Å². The van der Waals surface area contributed by atoms with Gasteiger partial charge in [0.2, 0.25) is 6.41 Å². The van der Waals surface area contributed by atoms with Crippen molar-refractivity contribution in [3.05, 3.63) is 12.3 Å². The van der Waals surface area contributed by atoms with Gasteiger partial charge < -0.3 is 19.8 Å². The second kappa shape index (κ2) is 6.53. The first kappa shape index (κ1) is 16.2. The number of alkyl halides is 2. The lowest BCUT2D eigenvalue weighted by atomic mass is 10.1. The van der Waals surface area contributed by atoms with Crippen LogP contribution in [0.3, 0.4) is 0 Å². The Kier molecular flexibility index (Phi) is 5.57.